The zero-order chi connectivity index (χ0) is 37.8. The van der Waals surface area contributed by atoms with Gasteiger partial charge in [-0.15, -0.1) is 29.1 Å². The molecule has 4 aromatic carbocycles. The molecule has 5 rings (SSSR count). The van der Waals surface area contributed by atoms with Gasteiger partial charge in [0.25, 0.3) is 0 Å². The van der Waals surface area contributed by atoms with Crippen LogP contribution in [0.1, 0.15) is 96.3 Å². The second kappa shape index (κ2) is 17.1. The second-order valence-electron chi connectivity index (χ2n) is 13.3. The van der Waals surface area contributed by atoms with E-state index in [-0.39, 0.29) is 84.1 Å². The number of benzene rings is 4. The number of ketones is 1. The summed E-state index contributed by atoms with van der Waals surface area (Å²) in [6.45, 7) is 18.6. The van der Waals surface area contributed by atoms with E-state index in [0.29, 0.717) is 11.4 Å². The van der Waals surface area contributed by atoms with Crippen molar-refractivity contribution in [2.24, 2.45) is 11.8 Å². The van der Waals surface area contributed by atoms with Crippen molar-refractivity contribution in [2.45, 2.75) is 93.4 Å². The van der Waals surface area contributed by atoms with Crippen molar-refractivity contribution in [1.29, 1.82) is 0 Å². The molecule has 0 spiro atoms. The summed E-state index contributed by atoms with van der Waals surface area (Å²) in [7, 11) is 0. The Morgan fingerprint density at radius 2 is 1.40 bits per heavy atom. The smallest absolute Gasteiger partial charge is 0.162 e. The van der Waals surface area contributed by atoms with Crippen LogP contribution in [0.3, 0.4) is 0 Å². The first-order valence-corrected chi connectivity index (χ1v) is 16.8. The number of hydrogen-bond donors (Lipinski definition) is 1. The molecule has 1 heterocycles. The number of aliphatic hydroxyl groups is 1. The van der Waals surface area contributed by atoms with E-state index in [9.17, 15) is 9.90 Å². The molecule has 0 atom stereocenters. The molecule has 0 aliphatic rings. The van der Waals surface area contributed by atoms with Crippen LogP contribution < -0.4 is 0 Å². The van der Waals surface area contributed by atoms with Gasteiger partial charge in [-0.05, 0) is 68.2 Å². The third kappa shape index (κ3) is 8.87. The average molecular weight is 824 g/mol. The molecular weight excluding hydrogens is 769 g/mol. The number of aliphatic hydroxyl groups excluding tert-OH is 1. The predicted octanol–water partition coefficient (Wildman–Crippen LogP) is 11.7. The van der Waals surface area contributed by atoms with E-state index in [0.717, 1.165) is 64.3 Å². The van der Waals surface area contributed by atoms with Gasteiger partial charge >= 0.3 is 0 Å². The number of rotatable bonds is 9. The van der Waals surface area contributed by atoms with Crippen molar-refractivity contribution in [3.8, 4) is 22.5 Å². The summed E-state index contributed by atoms with van der Waals surface area (Å²) in [4.78, 5) is 21.5. The molecule has 0 aliphatic heterocycles. The topological polar surface area (TPSA) is 63.1 Å². The molecule has 0 fully saturated rings. The van der Waals surface area contributed by atoms with Crippen molar-refractivity contribution in [1.82, 2.24) is 9.97 Å². The number of aromatic nitrogens is 2. The SMILES string of the molecule is CCC(CC)C(=O)/C=C(\O)C(CC)CC.[2H]c1c([2H])c([2H])c2nc(-c3c(C)cccc3C)c(-c3[c-]c4ccccc4c(C(C)(C)C)c3)nc2c1[2H].[Ir]. The van der Waals surface area contributed by atoms with E-state index in [1.165, 1.54) is 6.08 Å². The molecule has 5 heteroatoms. The van der Waals surface area contributed by atoms with E-state index in [2.05, 4.69) is 39.0 Å². The number of carbonyl (C=O) groups excluding carboxylic acids is 1. The summed E-state index contributed by atoms with van der Waals surface area (Å²) in [5, 5.41) is 11.8. The Labute approximate surface area is 307 Å². The summed E-state index contributed by atoms with van der Waals surface area (Å²) in [6, 6.07) is 18.8. The summed E-state index contributed by atoms with van der Waals surface area (Å²) in [6.07, 6.45) is 4.91. The van der Waals surface area contributed by atoms with Gasteiger partial charge in [-0.3, -0.25) is 14.8 Å². The van der Waals surface area contributed by atoms with Gasteiger partial charge in [0.2, 0.25) is 0 Å². The van der Waals surface area contributed by atoms with Crippen molar-refractivity contribution < 1.29 is 35.5 Å². The molecule has 1 radical (unpaired) electrons. The van der Waals surface area contributed by atoms with Crippen LogP contribution in [-0.4, -0.2) is 20.9 Å². The van der Waals surface area contributed by atoms with E-state index >= 15 is 0 Å². The molecule has 0 saturated carbocycles. The van der Waals surface area contributed by atoms with Gasteiger partial charge in [-0.25, -0.2) is 0 Å². The zero-order valence-electron chi connectivity index (χ0n) is 33.8. The molecule has 5 aromatic rings. The fourth-order valence-electron chi connectivity index (χ4n) is 6.10. The number of aryl methyl sites for hydroxylation is 2. The predicted molar refractivity (Wildman–Crippen MR) is 199 cm³/mol. The Hall–Kier alpha value is -3.66. The maximum Gasteiger partial charge on any atom is 0.162 e. The van der Waals surface area contributed by atoms with Crippen LogP contribution in [0.2, 0.25) is 0 Å². The Balaban J connectivity index is 0.000000389. The maximum absolute atomic E-state index is 11.7. The van der Waals surface area contributed by atoms with E-state index < -0.39 is 0 Å². The summed E-state index contributed by atoms with van der Waals surface area (Å²) in [5.41, 5.74) is 6.17. The minimum Gasteiger partial charge on any atom is -0.512 e. The third-order valence-corrected chi connectivity index (χ3v) is 8.96. The fourth-order valence-corrected chi connectivity index (χ4v) is 6.10. The fraction of sp³-hybridized carbons (Fsp3) is 0.372. The first-order chi connectivity index (χ1) is 24.1. The number of hydrogen-bond acceptors (Lipinski definition) is 4. The Bertz CT molecular complexity index is 2080. The van der Waals surface area contributed by atoms with Crippen molar-refractivity contribution in [3.05, 3.63) is 107 Å². The third-order valence-electron chi connectivity index (χ3n) is 8.96. The van der Waals surface area contributed by atoms with Gasteiger partial charge in [0.05, 0.1) is 28.0 Å². The van der Waals surface area contributed by atoms with Crippen LogP contribution in [0.15, 0.2) is 84.5 Å². The average Bonchev–Trinajstić information content (AvgIpc) is 3.10. The number of carbonyl (C=O) groups is 1. The molecule has 1 N–H and O–H groups in total. The molecule has 0 bridgehead atoms. The van der Waals surface area contributed by atoms with Crippen molar-refractivity contribution >= 4 is 27.6 Å². The van der Waals surface area contributed by atoms with E-state index in [1.54, 1.807) is 0 Å². The van der Waals surface area contributed by atoms with Gasteiger partial charge in [0.1, 0.15) is 0 Å². The monoisotopic (exact) mass is 824 g/mol. The normalized spacial score (nSPS) is 13.0. The second-order valence-corrected chi connectivity index (χ2v) is 13.3. The van der Waals surface area contributed by atoms with Gasteiger partial charge < -0.3 is 5.11 Å². The Kier molecular flexibility index (Phi) is 11.7. The van der Waals surface area contributed by atoms with Crippen LogP contribution >= 0.6 is 0 Å². The number of nitrogens with zero attached hydrogens (tertiary/aromatic N) is 2. The summed E-state index contributed by atoms with van der Waals surface area (Å²) >= 11 is 0. The molecule has 0 saturated heterocycles. The summed E-state index contributed by atoms with van der Waals surface area (Å²) < 4.78 is 33.3. The van der Waals surface area contributed by atoms with Gasteiger partial charge in [-0.2, -0.15) is 0 Å². The van der Waals surface area contributed by atoms with Crippen LogP contribution in [0, 0.1) is 31.7 Å². The van der Waals surface area contributed by atoms with Crippen molar-refractivity contribution in [2.75, 3.05) is 0 Å². The number of para-hydroxylation sites is 2. The van der Waals surface area contributed by atoms with Crippen LogP contribution in [-0.2, 0) is 30.3 Å². The molecule has 1 aromatic heterocycles. The largest absolute Gasteiger partial charge is 0.512 e. The quantitative estimate of drug-likeness (QED) is 0.0914. The Morgan fingerprint density at radius 1 is 0.854 bits per heavy atom. The molecule has 48 heavy (non-hydrogen) atoms. The van der Waals surface area contributed by atoms with Crippen LogP contribution in [0.5, 0.6) is 0 Å². The van der Waals surface area contributed by atoms with E-state index in [4.69, 9.17) is 15.5 Å². The maximum atomic E-state index is 11.7. The minimum atomic E-state index is -0.314. The molecule has 0 unspecified atom stereocenters. The molecule has 255 valence electrons. The van der Waals surface area contributed by atoms with Crippen molar-refractivity contribution in [3.63, 3.8) is 0 Å². The first kappa shape index (κ1) is 32.9. The van der Waals surface area contributed by atoms with Crippen LogP contribution in [0.25, 0.3) is 44.3 Å². The number of fused-ring (bicyclic) bond motifs is 2. The molecule has 0 amide bonds. The van der Waals surface area contributed by atoms with Gasteiger partial charge in [0.15, 0.2) is 5.78 Å². The Morgan fingerprint density at radius 3 is 1.94 bits per heavy atom. The molecule has 4 nitrogen and oxygen atoms in total. The molecule has 0 aliphatic carbocycles. The van der Waals surface area contributed by atoms with Gasteiger partial charge in [-0.1, -0.05) is 108 Å². The summed E-state index contributed by atoms with van der Waals surface area (Å²) in [5.74, 6) is 0.547. The first-order valence-electron chi connectivity index (χ1n) is 18.8. The molecular formula is C43H51IrN2O2-. The van der Waals surface area contributed by atoms with E-state index in [1.807, 2.05) is 77.9 Å². The standard InChI is InChI=1S/C30H27N2.C13H24O2.Ir/c1-19-11-10-12-20(2)27(19)29-28(31-25-15-8-9-16-26(25)32-29)22-17-21-13-6-7-14-23(21)24(18-22)30(3,4)5;1-5-10(6-2)12(14)9-13(15)11(7-3)8-4;/h6-16,18H,1-5H3;9-11,14H,5-8H2,1-4H3;/q-1;;/b;12-9-;/i8D,9D,15D,16D;;. The minimum absolute atomic E-state index is 0. The van der Waals surface area contributed by atoms with Crippen LogP contribution in [0.4, 0.5) is 0 Å². The zero-order valence-corrected chi connectivity index (χ0v) is 32.2. The number of allylic oxidation sites excluding steroid dienone is 2. The van der Waals surface area contributed by atoms with Gasteiger partial charge in [0, 0.05) is 49.3 Å².